The largest absolute Gasteiger partial charge is 0.507 e. The van der Waals surface area contributed by atoms with Gasteiger partial charge in [-0.05, 0) is 30.7 Å². The Kier molecular flexibility index (Phi) is 4.65. The highest BCUT2D eigenvalue weighted by Gasteiger charge is 2.27. The highest BCUT2D eigenvalue weighted by molar-refractivity contribution is 5.96. The second-order valence-electron chi connectivity index (χ2n) is 6.93. The molecule has 4 rings (SSSR count). The van der Waals surface area contributed by atoms with Crippen LogP contribution in [0, 0.1) is 0 Å². The molecule has 0 radical (unpaired) electrons. The molecule has 1 aliphatic heterocycles. The Morgan fingerprint density at radius 1 is 1.14 bits per heavy atom. The number of amides is 1. The average molecular weight is 375 g/mol. The normalized spacial score (nSPS) is 13.1. The van der Waals surface area contributed by atoms with Crippen molar-refractivity contribution >= 4 is 11.7 Å². The number of rotatable bonds is 3. The zero-order chi connectivity index (χ0) is 19.7. The fourth-order valence-electron chi connectivity index (χ4n) is 3.40. The minimum atomic E-state index is -0.198. The molecule has 1 aliphatic rings. The Bertz CT molecular complexity index is 1020. The van der Waals surface area contributed by atoms with E-state index in [4.69, 9.17) is 9.97 Å². The van der Waals surface area contributed by atoms with E-state index in [1.54, 1.807) is 35.5 Å². The van der Waals surface area contributed by atoms with Gasteiger partial charge >= 0.3 is 0 Å². The Labute approximate surface area is 163 Å². The lowest BCUT2D eigenvalue weighted by Gasteiger charge is -2.31. The molecule has 1 N–H and O–H groups in total. The zero-order valence-electron chi connectivity index (χ0n) is 15.8. The number of para-hydroxylation sites is 1. The number of pyridine rings is 1. The molecule has 3 aromatic rings. The number of benzene rings is 1. The van der Waals surface area contributed by atoms with Crippen LogP contribution in [-0.2, 0) is 13.0 Å². The Morgan fingerprint density at radius 3 is 2.68 bits per heavy atom. The first-order valence-corrected chi connectivity index (χ1v) is 9.09. The number of hydrogen-bond acceptors (Lipinski definition) is 6. The fraction of sp³-hybridized carbons (Fsp3) is 0.238. The molecule has 142 valence electrons. The van der Waals surface area contributed by atoms with Gasteiger partial charge < -0.3 is 14.9 Å². The summed E-state index contributed by atoms with van der Waals surface area (Å²) in [5.74, 6) is 1.24. The van der Waals surface area contributed by atoms with E-state index in [9.17, 15) is 9.90 Å². The smallest absolute Gasteiger partial charge is 0.257 e. The van der Waals surface area contributed by atoms with E-state index in [-0.39, 0.29) is 11.7 Å². The number of nitrogens with zero attached hydrogens (tertiary/aromatic N) is 5. The molecule has 0 atom stereocenters. The monoisotopic (exact) mass is 375 g/mol. The highest BCUT2D eigenvalue weighted by Crippen LogP contribution is 2.29. The van der Waals surface area contributed by atoms with Gasteiger partial charge in [-0.25, -0.2) is 9.97 Å². The van der Waals surface area contributed by atoms with E-state index < -0.39 is 0 Å². The lowest BCUT2D eigenvalue weighted by atomic mass is 10.0. The van der Waals surface area contributed by atoms with Gasteiger partial charge in [0.1, 0.15) is 11.6 Å². The molecule has 7 heteroatoms. The quantitative estimate of drug-likeness (QED) is 0.757. The van der Waals surface area contributed by atoms with Crippen LogP contribution < -0.4 is 4.90 Å². The summed E-state index contributed by atoms with van der Waals surface area (Å²) in [4.78, 5) is 30.2. The molecule has 28 heavy (non-hydrogen) atoms. The molecule has 0 bridgehead atoms. The number of aromatic hydroxyl groups is 1. The maximum absolute atomic E-state index is 12.9. The summed E-state index contributed by atoms with van der Waals surface area (Å²) in [7, 11) is 3.91. The van der Waals surface area contributed by atoms with Gasteiger partial charge in [-0.15, -0.1) is 0 Å². The molecular formula is C21H21N5O2. The Morgan fingerprint density at radius 2 is 1.96 bits per heavy atom. The summed E-state index contributed by atoms with van der Waals surface area (Å²) < 4.78 is 0. The number of hydrogen-bond donors (Lipinski definition) is 1. The van der Waals surface area contributed by atoms with E-state index in [2.05, 4.69) is 4.98 Å². The van der Waals surface area contributed by atoms with Gasteiger partial charge in [0.25, 0.3) is 5.91 Å². The maximum atomic E-state index is 12.9. The van der Waals surface area contributed by atoms with Crippen LogP contribution in [0.2, 0.25) is 0 Å². The lowest BCUT2D eigenvalue weighted by Crippen LogP contribution is -2.37. The molecule has 2 aromatic heterocycles. The summed E-state index contributed by atoms with van der Waals surface area (Å²) >= 11 is 0. The second-order valence-corrected chi connectivity index (χ2v) is 6.93. The van der Waals surface area contributed by atoms with E-state index >= 15 is 0 Å². The molecule has 7 nitrogen and oxygen atoms in total. The van der Waals surface area contributed by atoms with Crippen LogP contribution in [0.3, 0.4) is 0 Å². The van der Waals surface area contributed by atoms with Crippen molar-refractivity contribution < 1.29 is 9.90 Å². The van der Waals surface area contributed by atoms with Gasteiger partial charge in [0.2, 0.25) is 0 Å². The predicted octanol–water partition coefficient (Wildman–Crippen LogP) is 2.51. The van der Waals surface area contributed by atoms with E-state index in [0.29, 0.717) is 30.9 Å². The molecule has 0 saturated carbocycles. The molecular weight excluding hydrogens is 354 g/mol. The van der Waals surface area contributed by atoms with Gasteiger partial charge in [-0.1, -0.05) is 12.1 Å². The number of phenols is 1. The molecule has 1 aromatic carbocycles. The molecule has 0 saturated heterocycles. The summed E-state index contributed by atoms with van der Waals surface area (Å²) in [6.07, 6.45) is 4.10. The van der Waals surface area contributed by atoms with E-state index in [0.717, 1.165) is 22.6 Å². The number of anilines is 1. The summed E-state index contributed by atoms with van der Waals surface area (Å²) in [6.45, 7) is 0.926. The average Bonchev–Trinajstić information content (AvgIpc) is 2.73. The number of phenolic OH excluding ortho intramolecular Hbond substituents is 1. The lowest BCUT2D eigenvalue weighted by molar-refractivity contribution is 0.0729. The van der Waals surface area contributed by atoms with E-state index in [1.165, 1.54) is 6.07 Å². The van der Waals surface area contributed by atoms with Crippen LogP contribution in [0.5, 0.6) is 5.75 Å². The SMILES string of the molecule is CN(C)c1nc(-c2cccnc2)nc2c1CCN(C(=O)c1ccccc1O)C2. The molecule has 0 unspecified atom stereocenters. The first-order valence-electron chi connectivity index (χ1n) is 9.09. The molecule has 3 heterocycles. The second kappa shape index (κ2) is 7.26. The van der Waals surface area contributed by atoms with Crippen LogP contribution in [0.15, 0.2) is 48.8 Å². The van der Waals surface area contributed by atoms with Crippen molar-refractivity contribution in [3.63, 3.8) is 0 Å². The Hall–Kier alpha value is -3.48. The van der Waals surface area contributed by atoms with Crippen LogP contribution in [0.1, 0.15) is 21.6 Å². The predicted molar refractivity (Wildman–Crippen MR) is 106 cm³/mol. The summed E-state index contributed by atoms with van der Waals surface area (Å²) in [6, 6.07) is 10.4. The fourth-order valence-corrected chi connectivity index (χ4v) is 3.40. The minimum absolute atomic E-state index is 0.00832. The van der Waals surface area contributed by atoms with Crippen LogP contribution in [0.25, 0.3) is 11.4 Å². The van der Waals surface area contributed by atoms with Gasteiger partial charge in [0.15, 0.2) is 5.82 Å². The number of carbonyl (C=O) groups excluding carboxylic acids is 1. The molecule has 0 spiro atoms. The summed E-state index contributed by atoms with van der Waals surface area (Å²) in [5, 5.41) is 10.0. The van der Waals surface area contributed by atoms with Crippen molar-refractivity contribution in [3.05, 3.63) is 65.6 Å². The Balaban J connectivity index is 1.72. The molecule has 0 fully saturated rings. The first-order chi connectivity index (χ1) is 13.5. The zero-order valence-corrected chi connectivity index (χ0v) is 15.8. The highest BCUT2D eigenvalue weighted by atomic mass is 16.3. The summed E-state index contributed by atoms with van der Waals surface area (Å²) in [5.41, 5.74) is 3.02. The van der Waals surface area contributed by atoms with Crippen molar-refractivity contribution in [2.24, 2.45) is 0 Å². The van der Waals surface area contributed by atoms with Crippen LogP contribution >= 0.6 is 0 Å². The minimum Gasteiger partial charge on any atom is -0.507 e. The first kappa shape index (κ1) is 17.9. The van der Waals surface area contributed by atoms with Gasteiger partial charge in [0, 0.05) is 44.2 Å². The van der Waals surface area contributed by atoms with Crippen molar-refractivity contribution in [1.29, 1.82) is 0 Å². The van der Waals surface area contributed by atoms with Crippen molar-refractivity contribution in [2.45, 2.75) is 13.0 Å². The third-order valence-corrected chi connectivity index (χ3v) is 4.81. The molecule has 0 aliphatic carbocycles. The maximum Gasteiger partial charge on any atom is 0.257 e. The standard InChI is InChI=1S/C21H21N5O2/c1-25(2)20-15-9-11-26(21(28)16-7-3-4-8-18(16)27)13-17(15)23-19(24-20)14-6-5-10-22-12-14/h3-8,10,12,27H,9,11,13H2,1-2H3. The topological polar surface area (TPSA) is 82.5 Å². The number of fused-ring (bicyclic) bond motifs is 1. The van der Waals surface area contributed by atoms with Gasteiger partial charge in [-0.2, -0.15) is 0 Å². The third kappa shape index (κ3) is 3.26. The van der Waals surface area contributed by atoms with Crippen LogP contribution in [-0.4, -0.2) is 51.5 Å². The van der Waals surface area contributed by atoms with Gasteiger partial charge in [-0.3, -0.25) is 9.78 Å². The van der Waals surface area contributed by atoms with Crippen molar-refractivity contribution in [2.75, 3.05) is 25.5 Å². The molecule has 1 amide bonds. The van der Waals surface area contributed by atoms with E-state index in [1.807, 2.05) is 31.1 Å². The van der Waals surface area contributed by atoms with Crippen molar-refractivity contribution in [3.8, 4) is 17.1 Å². The number of aromatic nitrogens is 3. The van der Waals surface area contributed by atoms with Crippen LogP contribution in [0.4, 0.5) is 5.82 Å². The van der Waals surface area contributed by atoms with Gasteiger partial charge in [0.05, 0.1) is 17.8 Å². The number of carbonyl (C=O) groups is 1. The third-order valence-electron chi connectivity index (χ3n) is 4.81. The van der Waals surface area contributed by atoms with Crippen molar-refractivity contribution in [1.82, 2.24) is 19.9 Å².